The zero-order chi connectivity index (χ0) is 17.8. The lowest BCUT2D eigenvalue weighted by Gasteiger charge is -2.33. The molecule has 1 atom stereocenters. The first-order valence-corrected chi connectivity index (χ1v) is 8.09. The van der Waals surface area contributed by atoms with Gasteiger partial charge in [0.25, 0.3) is 5.91 Å². The quantitative estimate of drug-likeness (QED) is 0.856. The number of carboxylic acid groups (broad SMARTS) is 1. The monoisotopic (exact) mass is 361 g/mol. The molecule has 130 valence electrons. The Morgan fingerprint density at radius 3 is 2.64 bits per heavy atom. The maximum Gasteiger partial charge on any atom is 0.307 e. The van der Waals surface area contributed by atoms with Crippen LogP contribution in [0.4, 0.5) is 5.69 Å². The van der Waals surface area contributed by atoms with E-state index in [0.29, 0.717) is 22.2 Å². The molecular weight excluding hydrogens is 346 g/mol. The summed E-state index contributed by atoms with van der Waals surface area (Å²) >= 11 is 5.83. The maximum absolute atomic E-state index is 12.6. The van der Waals surface area contributed by atoms with E-state index >= 15 is 0 Å². The molecule has 1 N–H and O–H groups in total. The van der Waals surface area contributed by atoms with E-state index in [1.165, 1.54) is 4.90 Å². The summed E-state index contributed by atoms with van der Waals surface area (Å²) in [5, 5.41) is 9.59. The summed E-state index contributed by atoms with van der Waals surface area (Å²) in [5.74, 6) is -0.351. The second-order valence-corrected chi connectivity index (χ2v) is 5.90. The van der Waals surface area contributed by atoms with E-state index in [9.17, 15) is 9.59 Å². The van der Waals surface area contributed by atoms with Crippen LogP contribution in [0.25, 0.3) is 0 Å². The Morgan fingerprint density at radius 2 is 1.92 bits per heavy atom. The predicted octanol–water partition coefficient (Wildman–Crippen LogP) is 2.99. The Hall–Kier alpha value is -2.73. The lowest BCUT2D eigenvalue weighted by molar-refractivity contribution is -0.142. The summed E-state index contributed by atoms with van der Waals surface area (Å²) in [4.78, 5) is 25.0. The van der Waals surface area contributed by atoms with E-state index in [1.807, 2.05) is 0 Å². The number of fused-ring (bicyclic) bond motifs is 1. The highest BCUT2D eigenvalue weighted by Gasteiger charge is 2.35. The highest BCUT2D eigenvalue weighted by molar-refractivity contribution is 6.30. The summed E-state index contributed by atoms with van der Waals surface area (Å²) in [6.07, 6.45) is -1.43. The molecule has 1 heterocycles. The lowest BCUT2D eigenvalue weighted by Crippen LogP contribution is -2.48. The van der Waals surface area contributed by atoms with E-state index in [-0.39, 0.29) is 25.5 Å². The zero-order valence-electron chi connectivity index (χ0n) is 13.2. The summed E-state index contributed by atoms with van der Waals surface area (Å²) in [7, 11) is 0. The third-order valence-corrected chi connectivity index (χ3v) is 3.98. The van der Waals surface area contributed by atoms with Crippen molar-refractivity contribution in [1.29, 1.82) is 0 Å². The van der Waals surface area contributed by atoms with Gasteiger partial charge in [-0.2, -0.15) is 0 Å². The standard InChI is InChI=1S/C18H16ClNO5/c19-12-5-7-13(8-6-12)24-10-9-20-14-3-1-2-4-15(14)25-16(18(20)23)11-17(21)22/h1-8,16H,9-11H2,(H,21,22)/t16-/m1/s1. The van der Waals surface area contributed by atoms with Crippen LogP contribution in [0.15, 0.2) is 48.5 Å². The van der Waals surface area contributed by atoms with Crippen LogP contribution in [-0.4, -0.2) is 36.2 Å². The summed E-state index contributed by atoms with van der Waals surface area (Å²) in [6.45, 7) is 0.527. The molecular formula is C18H16ClNO5. The molecule has 2 aromatic rings. The Bertz CT molecular complexity index is 777. The number of rotatable bonds is 6. The number of benzene rings is 2. The van der Waals surface area contributed by atoms with E-state index in [1.54, 1.807) is 48.5 Å². The number of carbonyl (C=O) groups excluding carboxylic acids is 1. The molecule has 0 aliphatic carbocycles. The van der Waals surface area contributed by atoms with Gasteiger partial charge in [0.15, 0.2) is 6.10 Å². The largest absolute Gasteiger partial charge is 0.492 e. The molecule has 1 amide bonds. The van der Waals surface area contributed by atoms with Crippen LogP contribution >= 0.6 is 11.6 Å². The predicted molar refractivity (Wildman–Crippen MR) is 92.4 cm³/mol. The Kier molecular flexibility index (Phi) is 5.09. The molecule has 7 heteroatoms. The van der Waals surface area contributed by atoms with Crippen LogP contribution in [0, 0.1) is 0 Å². The van der Waals surface area contributed by atoms with Crippen molar-refractivity contribution in [2.45, 2.75) is 12.5 Å². The fourth-order valence-corrected chi connectivity index (χ4v) is 2.71. The second-order valence-electron chi connectivity index (χ2n) is 5.46. The number of nitrogens with zero attached hydrogens (tertiary/aromatic N) is 1. The molecule has 0 saturated carbocycles. The van der Waals surface area contributed by atoms with Crippen LogP contribution in [0.5, 0.6) is 11.5 Å². The molecule has 6 nitrogen and oxygen atoms in total. The molecule has 0 fully saturated rings. The van der Waals surface area contributed by atoms with Gasteiger partial charge in [-0.25, -0.2) is 0 Å². The zero-order valence-corrected chi connectivity index (χ0v) is 14.0. The van der Waals surface area contributed by atoms with E-state index < -0.39 is 12.1 Å². The Morgan fingerprint density at radius 1 is 1.20 bits per heavy atom. The number of aliphatic carboxylic acids is 1. The Labute approximate surface area is 149 Å². The highest BCUT2D eigenvalue weighted by Crippen LogP contribution is 2.34. The molecule has 0 aromatic heterocycles. The molecule has 1 aliphatic heterocycles. The summed E-state index contributed by atoms with van der Waals surface area (Å²) in [5.41, 5.74) is 0.605. The van der Waals surface area contributed by atoms with Crippen LogP contribution in [0.3, 0.4) is 0 Å². The SMILES string of the molecule is O=C(O)C[C@H]1Oc2ccccc2N(CCOc2ccc(Cl)cc2)C1=O. The number of halogens is 1. The van der Waals surface area contributed by atoms with Crippen molar-refractivity contribution < 1.29 is 24.2 Å². The molecule has 0 spiro atoms. The molecule has 0 bridgehead atoms. The molecule has 0 radical (unpaired) electrons. The fourth-order valence-electron chi connectivity index (χ4n) is 2.58. The van der Waals surface area contributed by atoms with Gasteiger partial charge in [0.2, 0.25) is 0 Å². The number of amides is 1. The smallest absolute Gasteiger partial charge is 0.307 e. The van der Waals surface area contributed by atoms with Gasteiger partial charge < -0.3 is 19.5 Å². The van der Waals surface area contributed by atoms with Gasteiger partial charge in [0.05, 0.1) is 18.7 Å². The minimum Gasteiger partial charge on any atom is -0.492 e. The minimum absolute atomic E-state index is 0.251. The van der Waals surface area contributed by atoms with Crippen LogP contribution in [0.2, 0.25) is 5.02 Å². The highest BCUT2D eigenvalue weighted by atomic mass is 35.5. The number of hydrogen-bond acceptors (Lipinski definition) is 4. The van der Waals surface area contributed by atoms with Crippen LogP contribution in [-0.2, 0) is 9.59 Å². The van der Waals surface area contributed by atoms with Crippen molar-refractivity contribution in [3.8, 4) is 11.5 Å². The van der Waals surface area contributed by atoms with Gasteiger partial charge in [-0.15, -0.1) is 0 Å². The molecule has 25 heavy (non-hydrogen) atoms. The first-order valence-electron chi connectivity index (χ1n) is 7.72. The van der Waals surface area contributed by atoms with Gasteiger partial charge in [-0.3, -0.25) is 9.59 Å². The van der Waals surface area contributed by atoms with Crippen molar-refractivity contribution in [2.75, 3.05) is 18.1 Å². The number of carbonyl (C=O) groups is 2. The number of carboxylic acids is 1. The van der Waals surface area contributed by atoms with Gasteiger partial charge in [-0.1, -0.05) is 23.7 Å². The third kappa shape index (κ3) is 4.03. The maximum atomic E-state index is 12.6. The van der Waals surface area contributed by atoms with Crippen molar-refractivity contribution in [3.05, 3.63) is 53.6 Å². The third-order valence-electron chi connectivity index (χ3n) is 3.72. The number of para-hydroxylation sites is 2. The molecule has 0 saturated heterocycles. The van der Waals surface area contributed by atoms with E-state index in [2.05, 4.69) is 0 Å². The minimum atomic E-state index is -1.09. The van der Waals surface area contributed by atoms with Crippen LogP contribution in [0.1, 0.15) is 6.42 Å². The molecule has 2 aromatic carbocycles. The van der Waals surface area contributed by atoms with Crippen molar-refractivity contribution in [1.82, 2.24) is 0 Å². The van der Waals surface area contributed by atoms with Gasteiger partial charge in [0, 0.05) is 5.02 Å². The van der Waals surface area contributed by atoms with Crippen molar-refractivity contribution >= 4 is 29.2 Å². The fraction of sp³-hybridized carbons (Fsp3) is 0.222. The molecule has 3 rings (SSSR count). The normalized spacial score (nSPS) is 16.1. The lowest BCUT2D eigenvalue weighted by atomic mass is 10.1. The Balaban J connectivity index is 1.72. The second kappa shape index (κ2) is 7.44. The summed E-state index contributed by atoms with van der Waals surface area (Å²) in [6, 6.07) is 13.9. The number of hydrogen-bond donors (Lipinski definition) is 1. The first-order chi connectivity index (χ1) is 12.0. The van der Waals surface area contributed by atoms with Gasteiger partial charge >= 0.3 is 5.97 Å². The molecule has 0 unspecified atom stereocenters. The average molecular weight is 362 g/mol. The van der Waals surface area contributed by atoms with E-state index in [4.69, 9.17) is 26.2 Å². The van der Waals surface area contributed by atoms with Crippen molar-refractivity contribution in [2.24, 2.45) is 0 Å². The molecule has 1 aliphatic rings. The average Bonchev–Trinajstić information content (AvgIpc) is 2.59. The van der Waals surface area contributed by atoms with Crippen LogP contribution < -0.4 is 14.4 Å². The summed E-state index contributed by atoms with van der Waals surface area (Å²) < 4.78 is 11.2. The number of ether oxygens (including phenoxy) is 2. The van der Waals surface area contributed by atoms with Gasteiger partial charge in [0.1, 0.15) is 18.1 Å². The first kappa shape index (κ1) is 17.1. The number of anilines is 1. The van der Waals surface area contributed by atoms with Crippen molar-refractivity contribution in [3.63, 3.8) is 0 Å². The van der Waals surface area contributed by atoms with Gasteiger partial charge in [-0.05, 0) is 36.4 Å². The van der Waals surface area contributed by atoms with E-state index in [0.717, 1.165) is 0 Å². The topological polar surface area (TPSA) is 76.1 Å².